The number of hydrogen-bond acceptors (Lipinski definition) is 5. The van der Waals surface area contributed by atoms with Crippen LogP contribution in [0, 0.1) is 0 Å². The lowest BCUT2D eigenvalue weighted by Gasteiger charge is -2.30. The van der Waals surface area contributed by atoms with Crippen LogP contribution in [0.15, 0.2) is 0 Å². The number of nitrogens with one attached hydrogen (secondary N) is 1. The summed E-state index contributed by atoms with van der Waals surface area (Å²) < 4.78 is 15.3. The summed E-state index contributed by atoms with van der Waals surface area (Å²) in [6, 6.07) is 0.237. The molecule has 2 fully saturated rings. The fourth-order valence-electron chi connectivity index (χ4n) is 1.65. The first-order valence-corrected chi connectivity index (χ1v) is 4.35. The maximum Gasteiger partial charge on any atom is 0.336 e. The highest BCUT2D eigenvalue weighted by Gasteiger charge is 2.38. The predicted octanol–water partition coefficient (Wildman–Crippen LogP) is -1.08. The molecule has 5 heteroatoms. The molecule has 0 aliphatic carbocycles. The van der Waals surface area contributed by atoms with Crippen molar-refractivity contribution in [1.29, 1.82) is 0 Å². The monoisotopic (exact) mass is 187 g/mol. The zero-order valence-corrected chi connectivity index (χ0v) is 7.49. The van der Waals surface area contributed by atoms with E-state index in [9.17, 15) is 4.79 Å². The third kappa shape index (κ3) is 1.67. The van der Waals surface area contributed by atoms with Gasteiger partial charge < -0.3 is 19.5 Å². The first-order chi connectivity index (χ1) is 6.31. The second-order valence-corrected chi connectivity index (χ2v) is 3.24. The molecule has 0 saturated carbocycles. The van der Waals surface area contributed by atoms with Crippen LogP contribution < -0.4 is 5.32 Å². The minimum Gasteiger partial charge on any atom is -0.467 e. The molecule has 2 heterocycles. The van der Waals surface area contributed by atoms with E-state index in [4.69, 9.17) is 9.47 Å². The van der Waals surface area contributed by atoms with Gasteiger partial charge in [0.1, 0.15) is 0 Å². The molecule has 3 atom stereocenters. The standard InChI is InChI=1S/C8H13NO4/c1-11-8(10)6-2-9-5-3-12-4-7(5)13-6/h5-7,9H,2-4H2,1H3/t5-,6?,7-/m1/s1. The van der Waals surface area contributed by atoms with E-state index >= 15 is 0 Å². The Morgan fingerprint density at radius 3 is 3.15 bits per heavy atom. The van der Waals surface area contributed by atoms with Gasteiger partial charge in [-0.15, -0.1) is 0 Å². The molecular weight excluding hydrogens is 174 g/mol. The van der Waals surface area contributed by atoms with Crippen molar-refractivity contribution >= 4 is 5.97 Å². The van der Waals surface area contributed by atoms with E-state index in [1.54, 1.807) is 0 Å². The Labute approximate surface area is 76.3 Å². The van der Waals surface area contributed by atoms with Crippen molar-refractivity contribution in [3.63, 3.8) is 0 Å². The summed E-state index contributed by atoms with van der Waals surface area (Å²) in [5, 5.41) is 3.20. The first kappa shape index (κ1) is 8.93. The van der Waals surface area contributed by atoms with E-state index < -0.39 is 6.10 Å². The van der Waals surface area contributed by atoms with Crippen LogP contribution in [0.5, 0.6) is 0 Å². The molecule has 74 valence electrons. The Hall–Kier alpha value is -0.650. The van der Waals surface area contributed by atoms with E-state index in [-0.39, 0.29) is 18.1 Å². The van der Waals surface area contributed by atoms with Crippen LogP contribution in [0.25, 0.3) is 0 Å². The van der Waals surface area contributed by atoms with E-state index in [1.807, 2.05) is 0 Å². The van der Waals surface area contributed by atoms with Crippen molar-refractivity contribution in [2.24, 2.45) is 0 Å². The van der Waals surface area contributed by atoms with Gasteiger partial charge in [0, 0.05) is 6.54 Å². The number of morpholine rings is 1. The molecule has 0 amide bonds. The van der Waals surface area contributed by atoms with Gasteiger partial charge in [-0.25, -0.2) is 4.79 Å². The molecule has 0 bridgehead atoms. The van der Waals surface area contributed by atoms with Crippen molar-refractivity contribution in [3.05, 3.63) is 0 Å². The third-order valence-electron chi connectivity index (χ3n) is 2.40. The van der Waals surface area contributed by atoms with Gasteiger partial charge in [0.2, 0.25) is 0 Å². The molecular formula is C8H13NO4. The highest BCUT2D eigenvalue weighted by molar-refractivity contribution is 5.75. The fourth-order valence-corrected chi connectivity index (χ4v) is 1.65. The summed E-state index contributed by atoms with van der Waals surface area (Å²) in [6.07, 6.45) is -0.481. The van der Waals surface area contributed by atoms with Crippen LogP contribution in [0.2, 0.25) is 0 Å². The van der Waals surface area contributed by atoms with Gasteiger partial charge in [-0.3, -0.25) is 0 Å². The summed E-state index contributed by atoms with van der Waals surface area (Å²) in [7, 11) is 1.36. The summed E-state index contributed by atoms with van der Waals surface area (Å²) in [5.41, 5.74) is 0. The maximum absolute atomic E-state index is 11.1. The highest BCUT2D eigenvalue weighted by Crippen LogP contribution is 2.16. The van der Waals surface area contributed by atoms with E-state index in [0.717, 1.165) is 0 Å². The van der Waals surface area contributed by atoms with Gasteiger partial charge in [0.05, 0.1) is 32.5 Å². The van der Waals surface area contributed by atoms with Crippen LogP contribution in [0.3, 0.4) is 0 Å². The smallest absolute Gasteiger partial charge is 0.336 e. The lowest BCUT2D eigenvalue weighted by atomic mass is 10.1. The molecule has 2 saturated heterocycles. The van der Waals surface area contributed by atoms with Crippen LogP contribution in [0.4, 0.5) is 0 Å². The van der Waals surface area contributed by atoms with Gasteiger partial charge in [-0.1, -0.05) is 0 Å². The molecule has 13 heavy (non-hydrogen) atoms. The Balaban J connectivity index is 1.93. The second-order valence-electron chi connectivity index (χ2n) is 3.24. The lowest BCUT2D eigenvalue weighted by Crippen LogP contribution is -2.54. The summed E-state index contributed by atoms with van der Waals surface area (Å²) in [4.78, 5) is 11.1. The average Bonchev–Trinajstić information content (AvgIpc) is 2.63. The SMILES string of the molecule is COC(=O)C1CN[C@@H]2COC[C@H]2O1. The van der Waals surface area contributed by atoms with E-state index in [2.05, 4.69) is 10.1 Å². The van der Waals surface area contributed by atoms with Gasteiger partial charge in [-0.2, -0.15) is 0 Å². The molecule has 1 N–H and O–H groups in total. The fraction of sp³-hybridized carbons (Fsp3) is 0.875. The zero-order valence-electron chi connectivity index (χ0n) is 7.49. The van der Waals surface area contributed by atoms with Crippen LogP contribution in [-0.2, 0) is 19.0 Å². The predicted molar refractivity (Wildman–Crippen MR) is 43.3 cm³/mol. The number of hydrogen-bond donors (Lipinski definition) is 1. The van der Waals surface area contributed by atoms with Gasteiger partial charge in [0.15, 0.2) is 6.10 Å². The van der Waals surface area contributed by atoms with Gasteiger partial charge in [0.25, 0.3) is 0 Å². The topological polar surface area (TPSA) is 56.8 Å². The van der Waals surface area contributed by atoms with Crippen molar-refractivity contribution in [2.45, 2.75) is 18.2 Å². The zero-order chi connectivity index (χ0) is 9.26. The van der Waals surface area contributed by atoms with Crippen LogP contribution in [0.1, 0.15) is 0 Å². The molecule has 0 radical (unpaired) electrons. The Morgan fingerprint density at radius 2 is 2.38 bits per heavy atom. The molecule has 0 aromatic carbocycles. The van der Waals surface area contributed by atoms with Gasteiger partial charge >= 0.3 is 5.97 Å². The van der Waals surface area contributed by atoms with E-state index in [1.165, 1.54) is 7.11 Å². The summed E-state index contributed by atoms with van der Waals surface area (Å²) >= 11 is 0. The van der Waals surface area contributed by atoms with Crippen molar-refractivity contribution in [3.8, 4) is 0 Å². The molecule has 2 aliphatic rings. The number of methoxy groups -OCH3 is 1. The Bertz CT molecular complexity index is 208. The van der Waals surface area contributed by atoms with Crippen molar-refractivity contribution in [1.82, 2.24) is 5.32 Å². The number of carbonyl (C=O) groups is 1. The molecule has 1 unspecified atom stereocenters. The van der Waals surface area contributed by atoms with Crippen LogP contribution in [-0.4, -0.2) is 51.1 Å². The maximum atomic E-state index is 11.1. The number of rotatable bonds is 1. The Morgan fingerprint density at radius 1 is 1.54 bits per heavy atom. The number of esters is 1. The molecule has 2 rings (SSSR count). The normalized spacial score (nSPS) is 38.4. The van der Waals surface area contributed by atoms with Crippen molar-refractivity contribution < 1.29 is 19.0 Å². The quantitative estimate of drug-likeness (QED) is 0.529. The lowest BCUT2D eigenvalue weighted by molar-refractivity contribution is -0.161. The number of carbonyl (C=O) groups excluding carboxylic acids is 1. The van der Waals surface area contributed by atoms with Gasteiger partial charge in [-0.05, 0) is 0 Å². The minimum atomic E-state index is -0.479. The Kier molecular flexibility index (Phi) is 2.48. The molecule has 5 nitrogen and oxygen atoms in total. The molecule has 2 aliphatic heterocycles. The van der Waals surface area contributed by atoms with E-state index in [0.29, 0.717) is 19.8 Å². The second kappa shape index (κ2) is 3.61. The molecule has 0 aromatic heterocycles. The van der Waals surface area contributed by atoms with Crippen molar-refractivity contribution in [2.75, 3.05) is 26.9 Å². The summed E-state index contributed by atoms with van der Waals surface area (Å²) in [5.74, 6) is -0.321. The first-order valence-electron chi connectivity index (χ1n) is 4.35. The number of ether oxygens (including phenoxy) is 3. The number of fused-ring (bicyclic) bond motifs is 1. The highest BCUT2D eigenvalue weighted by atomic mass is 16.6. The van der Waals surface area contributed by atoms with Crippen LogP contribution >= 0.6 is 0 Å². The summed E-state index contributed by atoms with van der Waals surface area (Å²) in [6.45, 7) is 1.74. The largest absolute Gasteiger partial charge is 0.467 e. The minimum absolute atomic E-state index is 0.00199. The molecule has 0 spiro atoms. The molecule has 0 aromatic rings. The third-order valence-corrected chi connectivity index (χ3v) is 2.40. The average molecular weight is 187 g/mol.